The van der Waals surface area contributed by atoms with Gasteiger partial charge in [0.25, 0.3) is 17.7 Å². The van der Waals surface area contributed by atoms with Gasteiger partial charge >= 0.3 is 0 Å². The summed E-state index contributed by atoms with van der Waals surface area (Å²) in [6.45, 7) is 5.54. The molecule has 1 N–H and O–H groups in total. The minimum atomic E-state index is -0.842. The van der Waals surface area contributed by atoms with Crippen molar-refractivity contribution >= 4 is 17.7 Å². The highest BCUT2D eigenvalue weighted by molar-refractivity contribution is 6.07. The fourth-order valence-corrected chi connectivity index (χ4v) is 4.07. The van der Waals surface area contributed by atoms with Gasteiger partial charge < -0.3 is 9.47 Å². The Morgan fingerprint density at radius 1 is 1.15 bits per heavy atom. The second-order valence-corrected chi connectivity index (χ2v) is 7.34. The lowest BCUT2D eigenvalue weighted by molar-refractivity contribution is -0.153. The quantitative estimate of drug-likeness (QED) is 0.819. The average molecular weight is 358 g/mol. The Morgan fingerprint density at radius 2 is 1.77 bits per heavy atom. The third-order valence-corrected chi connectivity index (χ3v) is 5.67. The number of carbonyl (C=O) groups is 3. The van der Waals surface area contributed by atoms with Crippen molar-refractivity contribution in [1.82, 2.24) is 10.4 Å². The highest BCUT2D eigenvalue weighted by Crippen LogP contribution is 2.48. The Hall–Kier alpha value is -2.41. The summed E-state index contributed by atoms with van der Waals surface area (Å²) in [4.78, 5) is 37.5. The Bertz CT molecular complexity index is 764. The van der Waals surface area contributed by atoms with Gasteiger partial charge in [-0.05, 0) is 56.9 Å². The van der Waals surface area contributed by atoms with Crippen LogP contribution < -0.4 is 10.2 Å². The van der Waals surface area contributed by atoms with E-state index in [2.05, 4.69) is 5.43 Å². The van der Waals surface area contributed by atoms with Gasteiger partial charge in [-0.25, -0.2) is 0 Å². The zero-order chi connectivity index (χ0) is 18.6. The van der Waals surface area contributed by atoms with Crippen LogP contribution in [0.15, 0.2) is 18.2 Å². The molecule has 0 saturated carbocycles. The smallest absolute Gasteiger partial charge is 0.279 e. The number of amides is 3. The van der Waals surface area contributed by atoms with E-state index in [1.807, 2.05) is 26.0 Å². The Kier molecular flexibility index (Phi) is 3.99. The second kappa shape index (κ2) is 6.09. The average Bonchev–Trinajstić information content (AvgIpc) is 3.28. The number of nitrogens with zero attached hydrogens (tertiary/aromatic N) is 1. The lowest BCUT2D eigenvalue weighted by Crippen LogP contribution is -2.51. The number of aryl methyl sites for hydroxylation is 2. The largest absolute Gasteiger partial charge is 0.481 e. The maximum atomic E-state index is 12.6. The van der Waals surface area contributed by atoms with Crippen LogP contribution in [0.3, 0.4) is 0 Å². The van der Waals surface area contributed by atoms with E-state index in [0.29, 0.717) is 5.75 Å². The number of hydrogen-bond acceptors (Lipinski definition) is 5. The first-order valence-corrected chi connectivity index (χ1v) is 8.94. The van der Waals surface area contributed by atoms with Gasteiger partial charge in [0.1, 0.15) is 5.75 Å². The van der Waals surface area contributed by atoms with Crippen LogP contribution in [0, 0.1) is 25.7 Å². The number of benzene rings is 1. The van der Waals surface area contributed by atoms with E-state index >= 15 is 0 Å². The first kappa shape index (κ1) is 17.0. The van der Waals surface area contributed by atoms with Crippen molar-refractivity contribution in [3.05, 3.63) is 29.3 Å². The zero-order valence-electron chi connectivity index (χ0n) is 15.0. The fourth-order valence-electron chi connectivity index (χ4n) is 4.07. The molecule has 3 heterocycles. The molecule has 7 nitrogen and oxygen atoms in total. The number of fused-ring (bicyclic) bond motifs is 5. The van der Waals surface area contributed by atoms with E-state index in [0.717, 1.165) is 29.0 Å². The van der Waals surface area contributed by atoms with Crippen LogP contribution in [0.5, 0.6) is 5.75 Å². The summed E-state index contributed by atoms with van der Waals surface area (Å²) in [5.74, 6) is -1.63. The molecular formula is C19H22N2O5. The summed E-state index contributed by atoms with van der Waals surface area (Å²) in [6.07, 6.45) is 0.337. The van der Waals surface area contributed by atoms with Crippen molar-refractivity contribution in [3.8, 4) is 5.75 Å². The van der Waals surface area contributed by atoms with E-state index in [-0.39, 0.29) is 24.0 Å². The molecule has 1 aromatic rings. The summed E-state index contributed by atoms with van der Waals surface area (Å²) in [5.41, 5.74) is 4.63. The maximum Gasteiger partial charge on any atom is 0.279 e. The number of hydrogen-bond donors (Lipinski definition) is 1. The van der Waals surface area contributed by atoms with Crippen LogP contribution in [0.1, 0.15) is 30.9 Å². The van der Waals surface area contributed by atoms with Gasteiger partial charge in [-0.1, -0.05) is 6.07 Å². The summed E-state index contributed by atoms with van der Waals surface area (Å²) < 4.78 is 11.3. The maximum absolute atomic E-state index is 12.6. The molecule has 2 bridgehead atoms. The van der Waals surface area contributed by atoms with Gasteiger partial charge in [-0.2, -0.15) is 5.01 Å². The Morgan fingerprint density at radius 3 is 2.35 bits per heavy atom. The molecule has 26 heavy (non-hydrogen) atoms. The van der Waals surface area contributed by atoms with Gasteiger partial charge in [0.05, 0.1) is 24.0 Å². The zero-order valence-corrected chi connectivity index (χ0v) is 15.0. The van der Waals surface area contributed by atoms with Crippen molar-refractivity contribution in [2.75, 3.05) is 0 Å². The summed E-state index contributed by atoms with van der Waals surface area (Å²) >= 11 is 0. The monoisotopic (exact) mass is 358 g/mol. The molecular weight excluding hydrogens is 336 g/mol. The van der Waals surface area contributed by atoms with Crippen molar-refractivity contribution < 1.29 is 23.9 Å². The lowest BCUT2D eigenvalue weighted by Gasteiger charge is -2.21. The minimum Gasteiger partial charge on any atom is -0.481 e. The van der Waals surface area contributed by atoms with Gasteiger partial charge in [0, 0.05) is 0 Å². The van der Waals surface area contributed by atoms with E-state index in [1.54, 1.807) is 13.0 Å². The van der Waals surface area contributed by atoms with Crippen molar-refractivity contribution in [2.24, 2.45) is 11.8 Å². The van der Waals surface area contributed by atoms with Crippen molar-refractivity contribution in [3.63, 3.8) is 0 Å². The number of hydrazine groups is 1. The van der Waals surface area contributed by atoms with Crippen LogP contribution in [0.4, 0.5) is 0 Å². The van der Waals surface area contributed by atoms with Crippen molar-refractivity contribution in [1.29, 1.82) is 0 Å². The number of rotatable bonds is 4. The molecule has 3 aliphatic heterocycles. The molecule has 0 aliphatic carbocycles. The molecule has 138 valence electrons. The molecule has 3 fully saturated rings. The second-order valence-electron chi connectivity index (χ2n) is 7.34. The number of carbonyl (C=O) groups excluding carboxylic acids is 3. The summed E-state index contributed by atoms with van der Waals surface area (Å²) in [6, 6.07) is 5.56. The molecule has 0 spiro atoms. The topological polar surface area (TPSA) is 84.9 Å². The fraction of sp³-hybridized carbons (Fsp3) is 0.526. The van der Waals surface area contributed by atoms with E-state index in [9.17, 15) is 14.4 Å². The highest BCUT2D eigenvalue weighted by Gasteiger charge is 2.63. The van der Waals surface area contributed by atoms with Crippen LogP contribution >= 0.6 is 0 Å². The Labute approximate surface area is 151 Å². The van der Waals surface area contributed by atoms with Gasteiger partial charge in [-0.15, -0.1) is 0 Å². The minimum absolute atomic E-state index is 0.201. The summed E-state index contributed by atoms with van der Waals surface area (Å²) in [7, 11) is 0. The predicted octanol–water partition coefficient (Wildman–Crippen LogP) is 1.26. The lowest BCUT2D eigenvalue weighted by atomic mass is 9.81. The van der Waals surface area contributed by atoms with Crippen LogP contribution in [0.25, 0.3) is 0 Å². The van der Waals surface area contributed by atoms with Crippen LogP contribution in [-0.2, 0) is 19.1 Å². The SMILES string of the molecule is Cc1ccc(O[C@@H](C)C(=O)NN2C(=O)[C@@H]3[C@@H](C2=O)[C@H]2CC[C@@H]3O2)cc1C. The number of ether oxygens (including phenoxy) is 2. The molecule has 1 aromatic carbocycles. The molecule has 7 heteroatoms. The van der Waals surface area contributed by atoms with Crippen LogP contribution in [0.2, 0.25) is 0 Å². The molecule has 3 amide bonds. The van der Waals surface area contributed by atoms with Crippen molar-refractivity contribution in [2.45, 2.75) is 51.9 Å². The normalized spacial score (nSPS) is 30.5. The third kappa shape index (κ3) is 2.58. The third-order valence-electron chi connectivity index (χ3n) is 5.67. The standard InChI is InChI=1S/C19H22N2O5/c1-9-4-5-12(8-10(9)2)25-11(3)17(22)20-21-18(23)15-13-6-7-14(26-13)16(15)19(21)24/h4-5,8,11,13-16H,6-7H2,1-3H3,(H,20,22)/t11-,13-,14+,15-,16-/m0/s1. The Balaban J connectivity index is 1.42. The van der Waals surface area contributed by atoms with Gasteiger partial charge in [0.2, 0.25) is 0 Å². The first-order chi connectivity index (χ1) is 12.4. The summed E-state index contributed by atoms with van der Waals surface area (Å²) in [5, 5.41) is 0.867. The molecule has 3 saturated heterocycles. The van der Waals surface area contributed by atoms with E-state index in [1.165, 1.54) is 0 Å². The van der Waals surface area contributed by atoms with Crippen LogP contribution in [-0.4, -0.2) is 41.0 Å². The van der Waals surface area contributed by atoms with Gasteiger partial charge in [-0.3, -0.25) is 19.8 Å². The number of nitrogens with one attached hydrogen (secondary N) is 1. The van der Waals surface area contributed by atoms with Gasteiger partial charge in [0.15, 0.2) is 6.10 Å². The van der Waals surface area contributed by atoms with E-state index in [4.69, 9.17) is 9.47 Å². The predicted molar refractivity (Wildman–Crippen MR) is 90.9 cm³/mol. The molecule has 0 unspecified atom stereocenters. The molecule has 0 aromatic heterocycles. The molecule has 5 atom stereocenters. The number of imide groups is 1. The molecule has 3 aliphatic rings. The first-order valence-electron chi connectivity index (χ1n) is 8.94. The molecule has 4 rings (SSSR count). The van der Waals surface area contributed by atoms with E-state index < -0.39 is 23.8 Å². The highest BCUT2D eigenvalue weighted by atomic mass is 16.5. The molecule has 0 radical (unpaired) electrons.